The smallest absolute Gasteiger partial charge is 0.244 e. The summed E-state index contributed by atoms with van der Waals surface area (Å²) in [4.78, 5) is 24.7. The van der Waals surface area contributed by atoms with Crippen molar-refractivity contribution < 1.29 is 9.59 Å². The molecule has 17 heavy (non-hydrogen) atoms. The van der Waals surface area contributed by atoms with Crippen molar-refractivity contribution >= 4 is 17.6 Å². The van der Waals surface area contributed by atoms with Crippen molar-refractivity contribution in [2.75, 3.05) is 25.4 Å². The number of rotatable bonds is 2. The van der Waals surface area contributed by atoms with Crippen LogP contribution in [0.25, 0.3) is 0 Å². The van der Waals surface area contributed by atoms with Gasteiger partial charge in [0.1, 0.15) is 12.4 Å². The van der Waals surface area contributed by atoms with Crippen molar-refractivity contribution in [3.63, 3.8) is 0 Å². The van der Waals surface area contributed by atoms with Crippen LogP contribution in [0.1, 0.15) is 6.42 Å². The summed E-state index contributed by atoms with van der Waals surface area (Å²) in [5.41, 5.74) is 5.46. The molecule has 0 bridgehead atoms. The molecule has 2 heterocycles. The third kappa shape index (κ3) is 2.96. The number of nitrogens with one attached hydrogen (secondary N) is 1. The minimum Gasteiger partial charge on any atom is -0.382 e. The minimum absolute atomic E-state index is 0.0105. The Morgan fingerprint density at radius 3 is 3.06 bits per heavy atom. The van der Waals surface area contributed by atoms with E-state index in [1.165, 1.54) is 4.68 Å². The van der Waals surface area contributed by atoms with E-state index in [-0.39, 0.29) is 18.4 Å². The number of nitrogens with two attached hydrogens (primary N) is 1. The SMILES string of the molecule is Nc1ccn(CC(=O)N2CCNC(=O)CC2)n1. The third-order valence-corrected chi connectivity index (χ3v) is 2.62. The second kappa shape index (κ2) is 4.86. The molecule has 1 fully saturated rings. The van der Waals surface area contributed by atoms with Gasteiger partial charge in [-0.1, -0.05) is 0 Å². The van der Waals surface area contributed by atoms with E-state index in [4.69, 9.17) is 5.73 Å². The van der Waals surface area contributed by atoms with Crippen molar-refractivity contribution in [1.82, 2.24) is 20.0 Å². The standard InChI is InChI=1S/C10H15N5O2/c11-8-1-5-15(13-8)7-10(17)14-4-2-9(16)12-3-6-14/h1,5H,2-4,6-7H2,(H2,11,13)(H,12,16). The molecule has 3 N–H and O–H groups in total. The van der Waals surface area contributed by atoms with Crippen LogP contribution in [0, 0.1) is 0 Å². The first kappa shape index (κ1) is 11.4. The van der Waals surface area contributed by atoms with Crippen LogP contribution in [0.4, 0.5) is 5.82 Å². The molecule has 0 saturated carbocycles. The Hall–Kier alpha value is -2.05. The van der Waals surface area contributed by atoms with Gasteiger partial charge in [0.15, 0.2) is 0 Å². The molecular formula is C10H15N5O2. The van der Waals surface area contributed by atoms with E-state index < -0.39 is 0 Å². The maximum atomic E-state index is 11.9. The lowest BCUT2D eigenvalue weighted by molar-refractivity contribution is -0.131. The Morgan fingerprint density at radius 2 is 2.35 bits per heavy atom. The molecule has 1 saturated heterocycles. The molecule has 1 aliphatic rings. The number of aromatic nitrogens is 2. The van der Waals surface area contributed by atoms with Crippen molar-refractivity contribution in [1.29, 1.82) is 0 Å². The summed E-state index contributed by atoms with van der Waals surface area (Å²) in [6, 6.07) is 1.64. The Bertz CT molecular complexity index is 428. The highest BCUT2D eigenvalue weighted by atomic mass is 16.2. The van der Waals surface area contributed by atoms with Crippen LogP contribution in [0.15, 0.2) is 12.3 Å². The number of carbonyl (C=O) groups excluding carboxylic acids is 2. The quantitative estimate of drug-likeness (QED) is 0.676. The Balaban J connectivity index is 1.93. The third-order valence-electron chi connectivity index (χ3n) is 2.62. The number of hydrogen-bond acceptors (Lipinski definition) is 4. The zero-order valence-corrected chi connectivity index (χ0v) is 9.43. The molecule has 2 amide bonds. The molecule has 0 unspecified atom stereocenters. The van der Waals surface area contributed by atoms with Crippen molar-refractivity contribution in [2.45, 2.75) is 13.0 Å². The van der Waals surface area contributed by atoms with Gasteiger partial charge < -0.3 is 16.0 Å². The van der Waals surface area contributed by atoms with Crippen LogP contribution >= 0.6 is 0 Å². The van der Waals surface area contributed by atoms with E-state index >= 15 is 0 Å². The molecule has 7 nitrogen and oxygen atoms in total. The van der Waals surface area contributed by atoms with E-state index in [0.29, 0.717) is 31.9 Å². The first-order valence-electron chi connectivity index (χ1n) is 5.48. The van der Waals surface area contributed by atoms with Gasteiger partial charge in [0.25, 0.3) is 0 Å². The first-order valence-corrected chi connectivity index (χ1v) is 5.48. The zero-order chi connectivity index (χ0) is 12.3. The highest BCUT2D eigenvalue weighted by Crippen LogP contribution is 2.01. The monoisotopic (exact) mass is 237 g/mol. The highest BCUT2D eigenvalue weighted by molar-refractivity contribution is 5.80. The van der Waals surface area contributed by atoms with Gasteiger partial charge in [0, 0.05) is 32.3 Å². The van der Waals surface area contributed by atoms with Gasteiger partial charge in [-0.2, -0.15) is 5.10 Å². The van der Waals surface area contributed by atoms with Crippen molar-refractivity contribution in [3.8, 4) is 0 Å². The van der Waals surface area contributed by atoms with Gasteiger partial charge in [-0.25, -0.2) is 0 Å². The average Bonchev–Trinajstić information content (AvgIpc) is 2.56. The summed E-state index contributed by atoms with van der Waals surface area (Å²) >= 11 is 0. The molecule has 1 aliphatic heterocycles. The lowest BCUT2D eigenvalue weighted by Crippen LogP contribution is -2.36. The molecule has 1 aromatic heterocycles. The van der Waals surface area contributed by atoms with Crippen molar-refractivity contribution in [3.05, 3.63) is 12.3 Å². The number of nitrogen functional groups attached to an aromatic ring is 1. The molecule has 0 atom stereocenters. The van der Waals surface area contributed by atoms with Crippen LogP contribution in [0.5, 0.6) is 0 Å². The molecule has 0 spiro atoms. The largest absolute Gasteiger partial charge is 0.382 e. The van der Waals surface area contributed by atoms with Crippen LogP contribution in [0.3, 0.4) is 0 Å². The predicted octanol–water partition coefficient (Wildman–Crippen LogP) is -1.19. The second-order valence-electron chi connectivity index (χ2n) is 3.92. The average molecular weight is 237 g/mol. The van der Waals surface area contributed by atoms with Crippen LogP contribution in [-0.2, 0) is 16.1 Å². The minimum atomic E-state index is -0.0513. The molecule has 2 rings (SSSR count). The lowest BCUT2D eigenvalue weighted by Gasteiger charge is -2.19. The molecule has 0 aliphatic carbocycles. The number of anilines is 1. The van der Waals surface area contributed by atoms with Crippen LogP contribution in [0.2, 0.25) is 0 Å². The number of hydrogen-bond donors (Lipinski definition) is 2. The van der Waals surface area contributed by atoms with E-state index in [9.17, 15) is 9.59 Å². The van der Waals surface area contributed by atoms with Crippen LogP contribution < -0.4 is 11.1 Å². The molecular weight excluding hydrogens is 222 g/mol. The Labute approximate surface area is 98.6 Å². The van der Waals surface area contributed by atoms with Gasteiger partial charge >= 0.3 is 0 Å². The van der Waals surface area contributed by atoms with Crippen LogP contribution in [-0.4, -0.2) is 46.1 Å². The Morgan fingerprint density at radius 1 is 1.53 bits per heavy atom. The van der Waals surface area contributed by atoms with E-state index in [1.54, 1.807) is 17.2 Å². The second-order valence-corrected chi connectivity index (χ2v) is 3.92. The van der Waals surface area contributed by atoms with Gasteiger partial charge in [-0.05, 0) is 6.07 Å². The zero-order valence-electron chi connectivity index (χ0n) is 9.43. The fourth-order valence-corrected chi connectivity index (χ4v) is 1.72. The molecule has 92 valence electrons. The Kier molecular flexibility index (Phi) is 3.27. The number of nitrogens with zero attached hydrogens (tertiary/aromatic N) is 3. The van der Waals surface area contributed by atoms with Crippen molar-refractivity contribution in [2.24, 2.45) is 0 Å². The highest BCUT2D eigenvalue weighted by Gasteiger charge is 2.18. The summed E-state index contributed by atoms with van der Waals surface area (Å²) < 4.78 is 1.50. The fourth-order valence-electron chi connectivity index (χ4n) is 1.72. The number of carbonyl (C=O) groups is 2. The summed E-state index contributed by atoms with van der Waals surface area (Å²) in [6.45, 7) is 1.67. The molecule has 0 radical (unpaired) electrons. The summed E-state index contributed by atoms with van der Waals surface area (Å²) in [5.74, 6) is 0.332. The van der Waals surface area contributed by atoms with E-state index in [1.807, 2.05) is 0 Å². The van der Waals surface area contributed by atoms with Gasteiger partial charge in [-0.15, -0.1) is 0 Å². The van der Waals surface area contributed by atoms with E-state index in [0.717, 1.165) is 0 Å². The van der Waals surface area contributed by atoms with Gasteiger partial charge in [0.2, 0.25) is 11.8 Å². The lowest BCUT2D eigenvalue weighted by atomic mass is 10.3. The summed E-state index contributed by atoms with van der Waals surface area (Å²) in [5, 5.41) is 6.67. The van der Waals surface area contributed by atoms with Gasteiger partial charge in [-0.3, -0.25) is 14.3 Å². The van der Waals surface area contributed by atoms with E-state index in [2.05, 4.69) is 10.4 Å². The number of amides is 2. The first-order chi connectivity index (χ1) is 8.15. The predicted molar refractivity (Wildman–Crippen MR) is 60.8 cm³/mol. The summed E-state index contributed by atoms with van der Waals surface area (Å²) in [6.07, 6.45) is 2.02. The maximum absolute atomic E-state index is 11.9. The van der Waals surface area contributed by atoms with Gasteiger partial charge in [0.05, 0.1) is 0 Å². The normalized spacial score (nSPS) is 16.5. The summed E-state index contributed by atoms with van der Waals surface area (Å²) in [7, 11) is 0. The topological polar surface area (TPSA) is 93.2 Å². The molecule has 7 heteroatoms. The molecule has 1 aromatic rings. The fraction of sp³-hybridized carbons (Fsp3) is 0.500. The maximum Gasteiger partial charge on any atom is 0.244 e. The molecule has 0 aromatic carbocycles.